The van der Waals surface area contributed by atoms with Gasteiger partial charge in [0.2, 0.25) is 0 Å². The summed E-state index contributed by atoms with van der Waals surface area (Å²) >= 11 is 0. The molecule has 0 aliphatic heterocycles. The Morgan fingerprint density at radius 1 is 0.667 bits per heavy atom. The van der Waals surface area contributed by atoms with Crippen LogP contribution in [0.1, 0.15) is 75.1 Å². The Morgan fingerprint density at radius 2 is 0.963 bits per heavy atom. The van der Waals surface area contributed by atoms with Gasteiger partial charge in [-0.05, 0) is 61.4 Å². The lowest BCUT2D eigenvalue weighted by atomic mass is 9.82. The molecule has 0 aromatic heterocycles. The van der Waals surface area contributed by atoms with Crippen molar-refractivity contribution in [1.82, 2.24) is 0 Å². The number of ketones is 2. The monoisotopic (exact) mass is 366 g/mol. The third-order valence-electron chi connectivity index (χ3n) is 5.47. The van der Waals surface area contributed by atoms with Crippen LogP contribution < -0.4 is 4.74 Å². The van der Waals surface area contributed by atoms with Gasteiger partial charge in [-0.2, -0.15) is 0 Å². The molecule has 144 valence electrons. The molecular weight excluding hydrogens is 336 g/mol. The van der Waals surface area contributed by atoms with Crippen LogP contribution in [-0.4, -0.2) is 11.6 Å². The van der Waals surface area contributed by atoms with Crippen molar-refractivity contribution in [3.63, 3.8) is 0 Å². The molecular formula is C24H30O3. The van der Waals surface area contributed by atoms with Crippen LogP contribution in [0.25, 0.3) is 0 Å². The van der Waals surface area contributed by atoms with E-state index in [0.717, 1.165) is 12.8 Å². The number of hydrogen-bond donors (Lipinski definition) is 0. The molecule has 3 nitrogen and oxygen atoms in total. The molecule has 0 amide bonds. The SMILES string of the molecule is CCC(C)(C)C(=O)c1ccc(Oc2ccc(C(=O)C(C)(C)CC)cc2)cc1. The van der Waals surface area contributed by atoms with E-state index in [2.05, 4.69) is 0 Å². The van der Waals surface area contributed by atoms with Gasteiger partial charge in [-0.25, -0.2) is 0 Å². The second kappa shape index (κ2) is 8.08. The molecule has 0 N–H and O–H groups in total. The van der Waals surface area contributed by atoms with E-state index < -0.39 is 0 Å². The number of hydrogen-bond acceptors (Lipinski definition) is 3. The summed E-state index contributed by atoms with van der Waals surface area (Å²) in [6.45, 7) is 11.9. The fraction of sp³-hybridized carbons (Fsp3) is 0.417. The molecule has 0 fully saturated rings. The topological polar surface area (TPSA) is 43.4 Å². The van der Waals surface area contributed by atoms with E-state index >= 15 is 0 Å². The molecule has 0 aliphatic rings. The van der Waals surface area contributed by atoms with Crippen molar-refractivity contribution < 1.29 is 14.3 Å². The van der Waals surface area contributed by atoms with Crippen molar-refractivity contribution in [2.75, 3.05) is 0 Å². The maximum atomic E-state index is 12.5. The first kappa shape index (κ1) is 20.9. The summed E-state index contributed by atoms with van der Waals surface area (Å²) < 4.78 is 5.85. The highest BCUT2D eigenvalue weighted by atomic mass is 16.5. The highest BCUT2D eigenvalue weighted by Crippen LogP contribution is 2.29. The van der Waals surface area contributed by atoms with Crippen LogP contribution in [-0.2, 0) is 0 Å². The number of rotatable bonds is 8. The standard InChI is InChI=1S/C24H30O3/c1-7-23(3,4)21(25)17-9-13-19(14-10-17)27-20-15-11-18(12-16-20)22(26)24(5,6)8-2/h9-16H,7-8H2,1-6H3. The molecule has 2 aromatic carbocycles. The molecule has 0 bridgehead atoms. The number of carbonyl (C=O) groups excluding carboxylic acids is 2. The summed E-state index contributed by atoms with van der Waals surface area (Å²) in [5.41, 5.74) is 0.655. The fourth-order valence-corrected chi connectivity index (χ4v) is 2.59. The van der Waals surface area contributed by atoms with Crippen molar-refractivity contribution in [2.24, 2.45) is 10.8 Å². The predicted molar refractivity (Wildman–Crippen MR) is 110 cm³/mol. The first-order valence-electron chi connectivity index (χ1n) is 9.58. The molecule has 0 saturated heterocycles. The van der Waals surface area contributed by atoms with E-state index in [0.29, 0.717) is 22.6 Å². The van der Waals surface area contributed by atoms with E-state index in [-0.39, 0.29) is 22.4 Å². The third kappa shape index (κ3) is 4.85. The van der Waals surface area contributed by atoms with Crippen LogP contribution in [0, 0.1) is 10.8 Å². The minimum Gasteiger partial charge on any atom is -0.457 e. The normalized spacial score (nSPS) is 11.9. The third-order valence-corrected chi connectivity index (χ3v) is 5.47. The zero-order valence-corrected chi connectivity index (χ0v) is 17.3. The van der Waals surface area contributed by atoms with Gasteiger partial charge in [0.1, 0.15) is 11.5 Å². The van der Waals surface area contributed by atoms with Gasteiger partial charge >= 0.3 is 0 Å². The van der Waals surface area contributed by atoms with Crippen molar-refractivity contribution in [3.8, 4) is 11.5 Å². The first-order valence-corrected chi connectivity index (χ1v) is 9.58. The Balaban J connectivity index is 2.10. The minimum absolute atomic E-state index is 0.137. The van der Waals surface area contributed by atoms with Crippen LogP contribution in [0.15, 0.2) is 48.5 Å². The number of carbonyl (C=O) groups is 2. The van der Waals surface area contributed by atoms with Gasteiger partial charge in [-0.1, -0.05) is 41.5 Å². The smallest absolute Gasteiger partial charge is 0.168 e. The lowest BCUT2D eigenvalue weighted by Gasteiger charge is -2.21. The van der Waals surface area contributed by atoms with E-state index in [1.165, 1.54) is 0 Å². The lowest BCUT2D eigenvalue weighted by Crippen LogP contribution is -2.23. The maximum absolute atomic E-state index is 12.5. The van der Waals surface area contributed by atoms with E-state index in [9.17, 15) is 9.59 Å². The maximum Gasteiger partial charge on any atom is 0.168 e. The Morgan fingerprint density at radius 3 is 1.22 bits per heavy atom. The van der Waals surface area contributed by atoms with Gasteiger partial charge in [-0.3, -0.25) is 9.59 Å². The molecule has 0 aliphatic carbocycles. The zero-order valence-electron chi connectivity index (χ0n) is 17.3. The second-order valence-corrected chi connectivity index (χ2v) is 8.28. The summed E-state index contributed by atoms with van der Waals surface area (Å²) in [5, 5.41) is 0. The van der Waals surface area contributed by atoms with Crippen LogP contribution in [0.2, 0.25) is 0 Å². The lowest BCUT2D eigenvalue weighted by molar-refractivity contribution is 0.0827. The van der Waals surface area contributed by atoms with Crippen LogP contribution >= 0.6 is 0 Å². The number of Topliss-reactive ketones (excluding diaryl/α,β-unsaturated/α-hetero) is 2. The van der Waals surface area contributed by atoms with Gasteiger partial charge in [0.15, 0.2) is 11.6 Å². The molecule has 0 radical (unpaired) electrons. The largest absolute Gasteiger partial charge is 0.457 e. The molecule has 0 unspecified atom stereocenters. The van der Waals surface area contributed by atoms with E-state index in [1.54, 1.807) is 48.5 Å². The Bertz CT molecular complexity index is 727. The molecule has 2 aromatic rings. The van der Waals surface area contributed by atoms with Gasteiger partial charge in [0.25, 0.3) is 0 Å². The van der Waals surface area contributed by atoms with Crippen molar-refractivity contribution in [3.05, 3.63) is 59.7 Å². The van der Waals surface area contributed by atoms with E-state index in [1.807, 2.05) is 41.5 Å². The first-order chi connectivity index (χ1) is 12.6. The summed E-state index contributed by atoms with van der Waals surface area (Å²) in [7, 11) is 0. The number of ether oxygens (including phenoxy) is 1. The number of benzene rings is 2. The predicted octanol–water partition coefficient (Wildman–Crippen LogP) is 6.72. The zero-order chi connectivity index (χ0) is 20.2. The van der Waals surface area contributed by atoms with Gasteiger partial charge in [0, 0.05) is 22.0 Å². The van der Waals surface area contributed by atoms with Gasteiger partial charge < -0.3 is 4.74 Å². The Kier molecular flexibility index (Phi) is 6.25. The summed E-state index contributed by atoms with van der Waals surface area (Å²) in [6, 6.07) is 14.4. The Hall–Kier alpha value is -2.42. The second-order valence-electron chi connectivity index (χ2n) is 8.28. The molecule has 0 atom stereocenters. The van der Waals surface area contributed by atoms with Crippen LogP contribution in [0.5, 0.6) is 11.5 Å². The molecule has 2 rings (SSSR count). The summed E-state index contributed by atoms with van der Waals surface area (Å²) in [5.74, 6) is 1.60. The molecule has 3 heteroatoms. The summed E-state index contributed by atoms with van der Waals surface area (Å²) in [6.07, 6.45) is 1.59. The molecule has 27 heavy (non-hydrogen) atoms. The highest BCUT2D eigenvalue weighted by Gasteiger charge is 2.27. The molecule has 0 saturated carbocycles. The average molecular weight is 367 g/mol. The fourth-order valence-electron chi connectivity index (χ4n) is 2.59. The van der Waals surface area contributed by atoms with Crippen molar-refractivity contribution in [2.45, 2.75) is 54.4 Å². The molecule has 0 heterocycles. The van der Waals surface area contributed by atoms with Gasteiger partial charge in [0.05, 0.1) is 0 Å². The average Bonchev–Trinajstić information content (AvgIpc) is 2.68. The highest BCUT2D eigenvalue weighted by molar-refractivity contribution is 6.00. The van der Waals surface area contributed by atoms with E-state index in [4.69, 9.17) is 4.74 Å². The van der Waals surface area contributed by atoms with Crippen LogP contribution in [0.3, 0.4) is 0 Å². The summed E-state index contributed by atoms with van der Waals surface area (Å²) in [4.78, 5) is 25.0. The molecule has 0 spiro atoms. The minimum atomic E-state index is -0.364. The Labute approximate surface area is 162 Å². The van der Waals surface area contributed by atoms with Crippen LogP contribution in [0.4, 0.5) is 0 Å². The van der Waals surface area contributed by atoms with Crippen molar-refractivity contribution >= 4 is 11.6 Å². The van der Waals surface area contributed by atoms with Crippen molar-refractivity contribution in [1.29, 1.82) is 0 Å². The quantitative estimate of drug-likeness (QED) is 0.487. The van der Waals surface area contributed by atoms with Gasteiger partial charge in [-0.15, -0.1) is 0 Å².